The van der Waals surface area contributed by atoms with Crippen molar-refractivity contribution >= 4 is 29.4 Å². The third-order valence-corrected chi connectivity index (χ3v) is 3.91. The van der Waals surface area contributed by atoms with Crippen molar-refractivity contribution in [3.63, 3.8) is 0 Å². The summed E-state index contributed by atoms with van der Waals surface area (Å²) in [7, 11) is 0. The molecule has 1 unspecified atom stereocenters. The van der Waals surface area contributed by atoms with E-state index in [1.54, 1.807) is 29.2 Å². The number of likely N-dealkylation sites (tertiary alicyclic amines) is 1. The van der Waals surface area contributed by atoms with E-state index in [2.05, 4.69) is 10.6 Å². The van der Waals surface area contributed by atoms with Crippen LogP contribution in [-0.4, -0.2) is 41.4 Å². The number of rotatable bonds is 1. The molecule has 1 spiro atoms. The van der Waals surface area contributed by atoms with Crippen LogP contribution in [0.15, 0.2) is 24.3 Å². The topological polar surface area (TPSA) is 78.5 Å². The fourth-order valence-electron chi connectivity index (χ4n) is 2.57. The van der Waals surface area contributed by atoms with Crippen LogP contribution in [0, 0.1) is 0 Å². The van der Waals surface area contributed by atoms with Gasteiger partial charge in [0, 0.05) is 17.1 Å². The Morgan fingerprint density at radius 1 is 1.25 bits per heavy atom. The summed E-state index contributed by atoms with van der Waals surface area (Å²) in [6.45, 7) is 0.612. The average molecular weight is 294 g/mol. The van der Waals surface area contributed by atoms with Crippen molar-refractivity contribution in [3.05, 3.63) is 34.9 Å². The normalized spacial score (nSPS) is 24.9. The van der Waals surface area contributed by atoms with Gasteiger partial charge in [0.2, 0.25) is 0 Å². The van der Waals surface area contributed by atoms with Crippen molar-refractivity contribution < 1.29 is 14.4 Å². The highest BCUT2D eigenvalue weighted by molar-refractivity contribution is 6.30. The lowest BCUT2D eigenvalue weighted by Gasteiger charge is -2.21. The van der Waals surface area contributed by atoms with E-state index >= 15 is 0 Å². The summed E-state index contributed by atoms with van der Waals surface area (Å²) in [5.74, 6) is -0.540. The lowest BCUT2D eigenvalue weighted by Crippen LogP contribution is -2.49. The van der Waals surface area contributed by atoms with E-state index in [0.29, 0.717) is 23.6 Å². The van der Waals surface area contributed by atoms with Crippen LogP contribution < -0.4 is 10.6 Å². The lowest BCUT2D eigenvalue weighted by molar-refractivity contribution is -0.123. The third-order valence-electron chi connectivity index (χ3n) is 3.66. The number of hydrogen-bond acceptors (Lipinski definition) is 3. The summed E-state index contributed by atoms with van der Waals surface area (Å²) in [6, 6.07) is 6.07. The highest BCUT2D eigenvalue weighted by Crippen LogP contribution is 2.26. The van der Waals surface area contributed by atoms with Crippen molar-refractivity contribution in [2.45, 2.75) is 12.0 Å². The zero-order chi connectivity index (χ0) is 14.3. The van der Waals surface area contributed by atoms with Gasteiger partial charge < -0.3 is 10.2 Å². The van der Waals surface area contributed by atoms with Gasteiger partial charge in [-0.05, 0) is 30.7 Å². The Balaban J connectivity index is 1.77. The van der Waals surface area contributed by atoms with Gasteiger partial charge in [0.1, 0.15) is 5.54 Å². The van der Waals surface area contributed by atoms with Crippen LogP contribution in [0.1, 0.15) is 16.8 Å². The molecule has 20 heavy (non-hydrogen) atoms. The first kappa shape index (κ1) is 12.9. The molecule has 2 fully saturated rings. The molecule has 0 bridgehead atoms. The molecule has 1 aromatic carbocycles. The van der Waals surface area contributed by atoms with Crippen LogP contribution in [0.25, 0.3) is 0 Å². The molecular formula is C13H12ClN3O3. The van der Waals surface area contributed by atoms with E-state index in [4.69, 9.17) is 11.6 Å². The van der Waals surface area contributed by atoms with E-state index in [1.807, 2.05) is 0 Å². The minimum atomic E-state index is -0.973. The molecular weight excluding hydrogens is 282 g/mol. The number of hydrogen-bond donors (Lipinski definition) is 2. The number of imide groups is 1. The van der Waals surface area contributed by atoms with E-state index in [-0.39, 0.29) is 18.4 Å². The van der Waals surface area contributed by atoms with Crippen molar-refractivity contribution in [2.24, 2.45) is 0 Å². The minimum Gasteiger partial charge on any atom is -0.336 e. The first-order valence-corrected chi connectivity index (χ1v) is 6.56. The number of nitrogens with one attached hydrogen (secondary N) is 2. The molecule has 0 aliphatic carbocycles. The van der Waals surface area contributed by atoms with Gasteiger partial charge in [0.25, 0.3) is 11.8 Å². The summed E-state index contributed by atoms with van der Waals surface area (Å²) < 4.78 is 0. The van der Waals surface area contributed by atoms with Crippen LogP contribution in [-0.2, 0) is 4.79 Å². The standard InChI is InChI=1S/C13H12ClN3O3/c14-9-3-1-8(2-4-9)10(18)17-6-5-13(7-17)11(19)15-12(20)16-13/h1-4H,5-7H2,(H2,15,16,19,20). The Morgan fingerprint density at radius 3 is 2.55 bits per heavy atom. The predicted molar refractivity (Wildman–Crippen MR) is 71.4 cm³/mol. The van der Waals surface area contributed by atoms with E-state index < -0.39 is 11.6 Å². The number of nitrogens with zero attached hydrogens (tertiary/aromatic N) is 1. The van der Waals surface area contributed by atoms with Gasteiger partial charge in [-0.1, -0.05) is 11.6 Å². The fourth-order valence-corrected chi connectivity index (χ4v) is 2.70. The molecule has 1 atom stereocenters. The van der Waals surface area contributed by atoms with E-state index in [9.17, 15) is 14.4 Å². The Bertz CT molecular complexity index is 601. The molecule has 4 amide bonds. The van der Waals surface area contributed by atoms with Crippen molar-refractivity contribution in [3.8, 4) is 0 Å². The zero-order valence-electron chi connectivity index (χ0n) is 10.5. The molecule has 2 aliphatic rings. The molecule has 0 saturated carbocycles. The molecule has 0 radical (unpaired) electrons. The molecule has 1 aromatic rings. The van der Waals surface area contributed by atoms with Crippen LogP contribution in [0.2, 0.25) is 5.02 Å². The predicted octanol–water partition coefficient (Wildman–Crippen LogP) is 0.764. The number of urea groups is 1. The summed E-state index contributed by atoms with van der Waals surface area (Å²) in [5.41, 5.74) is -0.463. The first-order valence-electron chi connectivity index (χ1n) is 6.19. The maximum absolute atomic E-state index is 12.3. The number of carbonyl (C=O) groups excluding carboxylic acids is 3. The smallest absolute Gasteiger partial charge is 0.322 e. The van der Waals surface area contributed by atoms with Crippen molar-refractivity contribution in [2.75, 3.05) is 13.1 Å². The largest absolute Gasteiger partial charge is 0.336 e. The highest BCUT2D eigenvalue weighted by atomic mass is 35.5. The first-order chi connectivity index (χ1) is 9.50. The Labute approximate surface area is 120 Å². The second-order valence-electron chi connectivity index (χ2n) is 4.97. The number of amides is 4. The number of halogens is 1. The molecule has 2 N–H and O–H groups in total. The number of carbonyl (C=O) groups is 3. The SMILES string of the molecule is O=C1NC(=O)C2(CCN(C(=O)c3ccc(Cl)cc3)C2)N1. The second kappa shape index (κ2) is 4.49. The molecule has 3 rings (SSSR count). The Kier molecular flexibility index (Phi) is 2.90. The maximum atomic E-state index is 12.3. The van der Waals surface area contributed by atoms with Gasteiger partial charge in [-0.3, -0.25) is 14.9 Å². The van der Waals surface area contributed by atoms with Crippen molar-refractivity contribution in [1.29, 1.82) is 0 Å². The van der Waals surface area contributed by atoms with Crippen LogP contribution >= 0.6 is 11.6 Å². The summed E-state index contributed by atoms with van der Waals surface area (Å²) in [4.78, 5) is 36.9. The van der Waals surface area contributed by atoms with Crippen LogP contribution in [0.5, 0.6) is 0 Å². The van der Waals surface area contributed by atoms with Crippen molar-refractivity contribution in [1.82, 2.24) is 15.5 Å². The maximum Gasteiger partial charge on any atom is 0.322 e. The van der Waals surface area contributed by atoms with Gasteiger partial charge in [-0.25, -0.2) is 4.79 Å². The van der Waals surface area contributed by atoms with Gasteiger partial charge in [0.05, 0.1) is 6.54 Å². The molecule has 7 heteroatoms. The van der Waals surface area contributed by atoms with Gasteiger partial charge >= 0.3 is 6.03 Å². The molecule has 2 aliphatic heterocycles. The van der Waals surface area contributed by atoms with Crippen LogP contribution in [0.3, 0.4) is 0 Å². The van der Waals surface area contributed by atoms with Gasteiger partial charge in [-0.15, -0.1) is 0 Å². The molecule has 0 aromatic heterocycles. The summed E-state index contributed by atoms with van der Waals surface area (Å²) >= 11 is 5.78. The van der Waals surface area contributed by atoms with E-state index in [1.165, 1.54) is 0 Å². The lowest BCUT2D eigenvalue weighted by atomic mass is 9.99. The highest BCUT2D eigenvalue weighted by Gasteiger charge is 2.51. The summed E-state index contributed by atoms with van der Waals surface area (Å²) in [5, 5.41) is 5.38. The average Bonchev–Trinajstić information content (AvgIpc) is 2.95. The van der Waals surface area contributed by atoms with Crippen LogP contribution in [0.4, 0.5) is 4.79 Å². The minimum absolute atomic E-state index is 0.174. The molecule has 2 heterocycles. The Morgan fingerprint density at radius 2 is 1.95 bits per heavy atom. The third kappa shape index (κ3) is 2.02. The summed E-state index contributed by atoms with van der Waals surface area (Å²) in [6.07, 6.45) is 0.421. The number of benzene rings is 1. The molecule has 2 saturated heterocycles. The molecule has 6 nitrogen and oxygen atoms in total. The monoisotopic (exact) mass is 293 g/mol. The molecule has 104 valence electrons. The fraction of sp³-hybridized carbons (Fsp3) is 0.308. The van der Waals surface area contributed by atoms with E-state index in [0.717, 1.165) is 0 Å². The Hall–Kier alpha value is -2.08. The van der Waals surface area contributed by atoms with Gasteiger partial charge in [-0.2, -0.15) is 0 Å². The second-order valence-corrected chi connectivity index (χ2v) is 5.41. The quantitative estimate of drug-likeness (QED) is 0.751. The zero-order valence-corrected chi connectivity index (χ0v) is 11.2. The van der Waals surface area contributed by atoms with Gasteiger partial charge in [0.15, 0.2) is 0 Å².